The van der Waals surface area contributed by atoms with E-state index in [4.69, 9.17) is 9.47 Å². The first-order valence-corrected chi connectivity index (χ1v) is 6.47. The number of nitrogens with one attached hydrogen (secondary N) is 1. The van der Waals surface area contributed by atoms with Crippen molar-refractivity contribution in [2.75, 3.05) is 32.7 Å². The molecule has 1 aromatic carbocycles. The van der Waals surface area contributed by atoms with Crippen LogP contribution in [-0.4, -0.2) is 37.8 Å². The van der Waals surface area contributed by atoms with Crippen LogP contribution < -0.4 is 19.9 Å². The fourth-order valence-corrected chi connectivity index (χ4v) is 2.08. The van der Waals surface area contributed by atoms with Crippen LogP contribution in [0.2, 0.25) is 0 Å². The monoisotopic (exact) mass is 277 g/mol. The van der Waals surface area contributed by atoms with Crippen LogP contribution in [0.25, 0.3) is 10.9 Å². The summed E-state index contributed by atoms with van der Waals surface area (Å²) in [5, 5.41) is 0.483. The van der Waals surface area contributed by atoms with Crippen LogP contribution in [-0.2, 0) is 0 Å². The molecule has 0 amide bonds. The predicted octanol–water partition coefficient (Wildman–Crippen LogP) is 1.79. The molecule has 0 unspecified atom stereocenters. The van der Waals surface area contributed by atoms with Gasteiger partial charge in [-0.25, -0.2) is 4.98 Å². The van der Waals surface area contributed by atoms with E-state index < -0.39 is 0 Å². The molecule has 2 aromatic rings. The van der Waals surface area contributed by atoms with Crippen molar-refractivity contribution >= 4 is 16.9 Å². The maximum absolute atomic E-state index is 12.2. The van der Waals surface area contributed by atoms with Crippen molar-refractivity contribution in [3.05, 3.63) is 22.5 Å². The normalized spacial score (nSPS) is 10.6. The Labute approximate surface area is 117 Å². The third kappa shape index (κ3) is 2.54. The van der Waals surface area contributed by atoms with Gasteiger partial charge in [0.25, 0.3) is 5.56 Å². The van der Waals surface area contributed by atoms with Gasteiger partial charge in [-0.1, -0.05) is 6.92 Å². The highest BCUT2D eigenvalue weighted by Crippen LogP contribution is 2.30. The summed E-state index contributed by atoms with van der Waals surface area (Å²) >= 11 is 0. The zero-order valence-corrected chi connectivity index (χ0v) is 12.2. The first kappa shape index (κ1) is 14.2. The first-order chi connectivity index (χ1) is 9.60. The van der Waals surface area contributed by atoms with Crippen LogP contribution in [0.5, 0.6) is 11.5 Å². The number of methoxy groups -OCH3 is 2. The Balaban J connectivity index is 2.62. The molecule has 6 nitrogen and oxygen atoms in total. The first-order valence-electron chi connectivity index (χ1n) is 6.47. The number of hydrogen-bond acceptors (Lipinski definition) is 5. The average molecular weight is 277 g/mol. The number of benzene rings is 1. The van der Waals surface area contributed by atoms with Crippen molar-refractivity contribution in [2.24, 2.45) is 0 Å². The number of hydrogen-bond donors (Lipinski definition) is 1. The van der Waals surface area contributed by atoms with Gasteiger partial charge in [0.1, 0.15) is 0 Å². The molecule has 6 heteroatoms. The Morgan fingerprint density at radius 2 is 1.90 bits per heavy atom. The molecule has 108 valence electrons. The maximum atomic E-state index is 12.2. The van der Waals surface area contributed by atoms with Crippen molar-refractivity contribution in [2.45, 2.75) is 13.3 Å². The summed E-state index contributed by atoms with van der Waals surface area (Å²) in [7, 11) is 4.99. The third-order valence-electron chi connectivity index (χ3n) is 3.12. The quantitative estimate of drug-likeness (QED) is 0.902. The SMILES string of the molecule is CCCN(C)c1nc2cc(OC)c(OC)cc2c(=O)[nH]1. The van der Waals surface area contributed by atoms with Crippen molar-refractivity contribution in [3.8, 4) is 11.5 Å². The Bertz CT molecular complexity index is 666. The van der Waals surface area contributed by atoms with E-state index >= 15 is 0 Å². The molecular formula is C14H19N3O3. The third-order valence-corrected chi connectivity index (χ3v) is 3.12. The Hall–Kier alpha value is -2.24. The molecule has 0 aliphatic heterocycles. The summed E-state index contributed by atoms with van der Waals surface area (Å²) in [5.41, 5.74) is 0.401. The molecule has 20 heavy (non-hydrogen) atoms. The molecule has 0 saturated heterocycles. The van der Waals surface area contributed by atoms with E-state index in [0.717, 1.165) is 13.0 Å². The zero-order valence-electron chi connectivity index (χ0n) is 12.2. The number of anilines is 1. The van der Waals surface area contributed by atoms with Gasteiger partial charge in [0.2, 0.25) is 5.95 Å². The summed E-state index contributed by atoms with van der Waals surface area (Å²) in [6, 6.07) is 3.36. The van der Waals surface area contributed by atoms with E-state index in [2.05, 4.69) is 16.9 Å². The molecule has 0 saturated carbocycles. The van der Waals surface area contributed by atoms with E-state index in [1.807, 2.05) is 11.9 Å². The molecule has 0 atom stereocenters. The molecule has 1 heterocycles. The second kappa shape index (κ2) is 5.81. The van der Waals surface area contributed by atoms with Gasteiger partial charge in [-0.2, -0.15) is 0 Å². The number of nitrogens with zero attached hydrogens (tertiary/aromatic N) is 2. The van der Waals surface area contributed by atoms with Gasteiger partial charge < -0.3 is 14.4 Å². The fraction of sp³-hybridized carbons (Fsp3) is 0.429. The Morgan fingerprint density at radius 1 is 1.25 bits per heavy atom. The van der Waals surface area contributed by atoms with E-state index in [9.17, 15) is 4.79 Å². The standard InChI is InChI=1S/C14H19N3O3/c1-5-6-17(2)14-15-10-8-12(20-4)11(19-3)7-9(10)13(18)16-14/h7-8H,5-6H2,1-4H3,(H,15,16,18). The van der Waals surface area contributed by atoms with E-state index in [1.165, 1.54) is 7.11 Å². The van der Waals surface area contributed by atoms with Crippen LogP contribution in [0.4, 0.5) is 5.95 Å². The number of fused-ring (bicyclic) bond motifs is 1. The second-order valence-electron chi connectivity index (χ2n) is 4.54. The van der Waals surface area contributed by atoms with Gasteiger partial charge in [0.15, 0.2) is 11.5 Å². The summed E-state index contributed by atoms with van der Waals surface area (Å²) in [4.78, 5) is 21.3. The summed E-state index contributed by atoms with van der Waals surface area (Å²) in [6.45, 7) is 2.89. The van der Waals surface area contributed by atoms with Gasteiger partial charge in [0, 0.05) is 19.7 Å². The molecule has 0 aliphatic carbocycles. The average Bonchev–Trinajstić information content (AvgIpc) is 2.46. The minimum Gasteiger partial charge on any atom is -0.493 e. The molecule has 0 radical (unpaired) electrons. The summed E-state index contributed by atoms with van der Waals surface area (Å²) in [6.07, 6.45) is 0.976. The van der Waals surface area contributed by atoms with Gasteiger partial charge in [0.05, 0.1) is 25.1 Å². The lowest BCUT2D eigenvalue weighted by Crippen LogP contribution is -2.23. The lowest BCUT2D eigenvalue weighted by atomic mass is 10.2. The Morgan fingerprint density at radius 3 is 2.50 bits per heavy atom. The zero-order chi connectivity index (χ0) is 14.7. The van der Waals surface area contributed by atoms with Crippen LogP contribution in [0.1, 0.15) is 13.3 Å². The van der Waals surface area contributed by atoms with Gasteiger partial charge >= 0.3 is 0 Å². The largest absolute Gasteiger partial charge is 0.493 e. The van der Waals surface area contributed by atoms with Crippen LogP contribution in [0.15, 0.2) is 16.9 Å². The van der Waals surface area contributed by atoms with Gasteiger partial charge in [-0.3, -0.25) is 9.78 Å². The van der Waals surface area contributed by atoms with E-state index in [0.29, 0.717) is 28.4 Å². The number of aromatic amines is 1. The lowest BCUT2D eigenvalue weighted by molar-refractivity contribution is 0.355. The maximum Gasteiger partial charge on any atom is 0.260 e. The molecule has 1 aromatic heterocycles. The van der Waals surface area contributed by atoms with E-state index in [1.54, 1.807) is 19.2 Å². The number of aromatic nitrogens is 2. The second-order valence-corrected chi connectivity index (χ2v) is 4.54. The Kier molecular flexibility index (Phi) is 4.12. The topological polar surface area (TPSA) is 67.5 Å². The number of ether oxygens (including phenoxy) is 2. The lowest BCUT2D eigenvalue weighted by Gasteiger charge is -2.17. The molecular weight excluding hydrogens is 258 g/mol. The predicted molar refractivity (Wildman–Crippen MR) is 79.0 cm³/mol. The molecule has 1 N–H and O–H groups in total. The highest BCUT2D eigenvalue weighted by Gasteiger charge is 2.12. The van der Waals surface area contributed by atoms with Crippen molar-refractivity contribution in [3.63, 3.8) is 0 Å². The highest BCUT2D eigenvalue weighted by molar-refractivity contribution is 5.82. The van der Waals surface area contributed by atoms with Crippen molar-refractivity contribution in [1.82, 2.24) is 9.97 Å². The smallest absolute Gasteiger partial charge is 0.260 e. The minimum absolute atomic E-state index is 0.186. The van der Waals surface area contributed by atoms with Gasteiger partial charge in [-0.05, 0) is 12.5 Å². The van der Waals surface area contributed by atoms with Crippen LogP contribution in [0, 0.1) is 0 Å². The van der Waals surface area contributed by atoms with Crippen LogP contribution in [0.3, 0.4) is 0 Å². The number of H-pyrrole nitrogens is 1. The molecule has 2 rings (SSSR count). The highest BCUT2D eigenvalue weighted by atomic mass is 16.5. The summed E-state index contributed by atoms with van der Waals surface area (Å²) < 4.78 is 10.4. The molecule has 0 fully saturated rings. The fourth-order valence-electron chi connectivity index (χ4n) is 2.08. The molecule has 0 aliphatic rings. The molecule has 0 bridgehead atoms. The van der Waals surface area contributed by atoms with Crippen molar-refractivity contribution in [1.29, 1.82) is 0 Å². The number of rotatable bonds is 5. The van der Waals surface area contributed by atoms with Crippen molar-refractivity contribution < 1.29 is 9.47 Å². The minimum atomic E-state index is -0.186. The molecule has 0 spiro atoms. The summed E-state index contributed by atoms with van der Waals surface area (Å²) in [5.74, 6) is 1.63. The van der Waals surface area contributed by atoms with Crippen LogP contribution >= 0.6 is 0 Å². The van der Waals surface area contributed by atoms with Gasteiger partial charge in [-0.15, -0.1) is 0 Å². The van der Waals surface area contributed by atoms with E-state index in [-0.39, 0.29) is 5.56 Å².